The minimum atomic E-state index is -0.776. The van der Waals surface area contributed by atoms with Crippen LogP contribution in [0, 0.1) is 6.92 Å². The second-order valence-corrected chi connectivity index (χ2v) is 7.20. The number of aromatic nitrogens is 1. The third-order valence-electron chi connectivity index (χ3n) is 5.08. The summed E-state index contributed by atoms with van der Waals surface area (Å²) in [4.78, 5) is 28.0. The molecule has 6 nitrogen and oxygen atoms in total. The van der Waals surface area contributed by atoms with E-state index in [1.165, 1.54) is 0 Å². The van der Waals surface area contributed by atoms with Gasteiger partial charge in [-0.1, -0.05) is 23.8 Å². The highest BCUT2D eigenvalue weighted by atomic mass is 16.5. The van der Waals surface area contributed by atoms with Crippen LogP contribution in [0.15, 0.2) is 72.9 Å². The number of fused-ring (bicyclic) bond motifs is 1. The van der Waals surface area contributed by atoms with Crippen LogP contribution in [0.4, 0.5) is 11.4 Å². The maximum absolute atomic E-state index is 13.4. The molecule has 2 aromatic carbocycles. The molecule has 1 atom stereocenters. The van der Waals surface area contributed by atoms with Crippen LogP contribution in [-0.4, -0.2) is 18.4 Å². The van der Waals surface area contributed by atoms with Crippen molar-refractivity contribution in [3.8, 4) is 5.75 Å². The average Bonchev–Trinajstić information content (AvgIpc) is 2.75. The number of nitrogens with zero attached hydrogens (tertiary/aromatic N) is 2. The summed E-state index contributed by atoms with van der Waals surface area (Å²) in [6.45, 7) is 4.68. The molecule has 2 amide bonds. The lowest BCUT2D eigenvalue weighted by atomic mass is 10.0. The largest absolute Gasteiger partial charge is 0.494 e. The van der Waals surface area contributed by atoms with Crippen LogP contribution in [0.1, 0.15) is 24.2 Å². The van der Waals surface area contributed by atoms with Gasteiger partial charge in [0.15, 0.2) is 6.20 Å². The van der Waals surface area contributed by atoms with Gasteiger partial charge in [0.25, 0.3) is 11.8 Å². The van der Waals surface area contributed by atoms with Crippen LogP contribution >= 0.6 is 0 Å². The van der Waals surface area contributed by atoms with Gasteiger partial charge >= 0.3 is 0 Å². The molecule has 0 aliphatic carbocycles. The topological polar surface area (TPSA) is 62.5 Å². The SMILES string of the molecule is CCOc1ccc(NC(=O)C2c3cccc[n+]3CC(=O)N2c2ccc(C)cc2)cc1. The normalized spacial score (nSPS) is 15.5. The van der Waals surface area contributed by atoms with Gasteiger partial charge in [-0.25, -0.2) is 0 Å². The Kier molecular flexibility index (Phi) is 5.48. The van der Waals surface area contributed by atoms with E-state index < -0.39 is 6.04 Å². The monoisotopic (exact) mass is 402 g/mol. The minimum Gasteiger partial charge on any atom is -0.494 e. The summed E-state index contributed by atoms with van der Waals surface area (Å²) in [5.41, 5.74) is 3.20. The van der Waals surface area contributed by atoms with E-state index in [9.17, 15) is 9.59 Å². The molecule has 0 fully saturated rings. The molecular weight excluding hydrogens is 378 g/mol. The Bertz CT molecular complexity index is 1060. The number of aryl methyl sites for hydroxylation is 1. The standard InChI is InChI=1S/C24H23N3O3/c1-3-30-20-13-9-18(10-14-20)25-24(29)23-21-6-4-5-15-26(21)16-22(28)27(23)19-11-7-17(2)8-12-19/h4-15,23H,3,16H2,1-2H3/p+1. The molecule has 3 aromatic rings. The Morgan fingerprint density at radius 2 is 1.83 bits per heavy atom. The van der Waals surface area contributed by atoms with Crippen molar-refractivity contribution in [1.29, 1.82) is 0 Å². The number of ether oxygens (including phenoxy) is 1. The zero-order valence-electron chi connectivity index (χ0n) is 17.0. The van der Waals surface area contributed by atoms with Gasteiger partial charge in [-0.2, -0.15) is 4.57 Å². The molecule has 1 aliphatic heterocycles. The third kappa shape index (κ3) is 3.89. The van der Waals surface area contributed by atoms with Crippen LogP contribution < -0.4 is 19.5 Å². The van der Waals surface area contributed by atoms with Crippen molar-refractivity contribution in [2.45, 2.75) is 26.4 Å². The quantitative estimate of drug-likeness (QED) is 0.666. The van der Waals surface area contributed by atoms with Gasteiger partial charge in [0.1, 0.15) is 5.75 Å². The van der Waals surface area contributed by atoms with Crippen molar-refractivity contribution in [3.05, 3.63) is 84.2 Å². The molecule has 4 rings (SSSR count). The minimum absolute atomic E-state index is 0.130. The van der Waals surface area contributed by atoms with E-state index >= 15 is 0 Å². The van der Waals surface area contributed by atoms with Crippen molar-refractivity contribution < 1.29 is 18.9 Å². The molecular formula is C24H24N3O3+. The lowest BCUT2D eigenvalue weighted by Crippen LogP contribution is -2.58. The molecule has 1 aromatic heterocycles. The van der Waals surface area contributed by atoms with E-state index in [1.807, 2.05) is 79.2 Å². The molecule has 30 heavy (non-hydrogen) atoms. The Morgan fingerprint density at radius 1 is 1.10 bits per heavy atom. The van der Waals surface area contributed by atoms with E-state index in [4.69, 9.17) is 4.74 Å². The predicted molar refractivity (Wildman–Crippen MR) is 114 cm³/mol. The molecule has 2 heterocycles. The number of hydrogen-bond acceptors (Lipinski definition) is 3. The van der Waals surface area contributed by atoms with Gasteiger partial charge in [-0.05, 0) is 50.2 Å². The van der Waals surface area contributed by atoms with Crippen LogP contribution in [0.25, 0.3) is 0 Å². The molecule has 1 N–H and O–H groups in total. The number of pyridine rings is 1. The zero-order valence-corrected chi connectivity index (χ0v) is 17.0. The smallest absolute Gasteiger partial charge is 0.294 e. The summed E-state index contributed by atoms with van der Waals surface area (Å²) in [7, 11) is 0. The highest BCUT2D eigenvalue weighted by Crippen LogP contribution is 2.30. The van der Waals surface area contributed by atoms with Gasteiger partial charge in [0.05, 0.1) is 6.61 Å². The maximum Gasteiger partial charge on any atom is 0.294 e. The van der Waals surface area contributed by atoms with Crippen LogP contribution in [0.5, 0.6) is 5.75 Å². The Hall–Kier alpha value is -3.67. The van der Waals surface area contributed by atoms with Crippen LogP contribution in [0.2, 0.25) is 0 Å². The van der Waals surface area contributed by atoms with E-state index in [0.29, 0.717) is 18.0 Å². The predicted octanol–water partition coefficient (Wildman–Crippen LogP) is 3.41. The molecule has 1 aliphatic rings. The number of amides is 2. The van der Waals surface area contributed by atoms with Crippen molar-refractivity contribution in [3.63, 3.8) is 0 Å². The molecule has 0 saturated carbocycles. The summed E-state index contributed by atoms with van der Waals surface area (Å²) in [5.74, 6) is 0.340. The lowest BCUT2D eigenvalue weighted by Gasteiger charge is -2.32. The Labute approximate surface area is 175 Å². The molecule has 6 heteroatoms. The molecule has 0 spiro atoms. The molecule has 0 bridgehead atoms. The highest BCUT2D eigenvalue weighted by Gasteiger charge is 2.43. The Morgan fingerprint density at radius 3 is 2.53 bits per heavy atom. The summed E-state index contributed by atoms with van der Waals surface area (Å²) in [6, 6.07) is 19.7. The first-order valence-corrected chi connectivity index (χ1v) is 9.97. The first-order chi connectivity index (χ1) is 14.6. The van der Waals surface area contributed by atoms with E-state index in [0.717, 1.165) is 17.0 Å². The van der Waals surface area contributed by atoms with Crippen molar-refractivity contribution in [2.24, 2.45) is 0 Å². The third-order valence-corrected chi connectivity index (χ3v) is 5.08. The number of hydrogen-bond donors (Lipinski definition) is 1. The molecule has 0 saturated heterocycles. The molecule has 1 unspecified atom stereocenters. The fourth-order valence-corrected chi connectivity index (χ4v) is 3.64. The van der Waals surface area contributed by atoms with Crippen LogP contribution in [0.3, 0.4) is 0 Å². The number of rotatable bonds is 5. The van der Waals surface area contributed by atoms with Crippen LogP contribution in [-0.2, 0) is 16.1 Å². The summed E-state index contributed by atoms with van der Waals surface area (Å²) in [6.07, 6.45) is 1.83. The number of benzene rings is 2. The number of carbonyl (C=O) groups is 2. The first kappa shape index (κ1) is 19.6. The average molecular weight is 402 g/mol. The molecule has 0 radical (unpaired) electrons. The van der Waals surface area contributed by atoms with Gasteiger partial charge in [-0.3, -0.25) is 14.5 Å². The fraction of sp³-hybridized carbons (Fsp3) is 0.208. The molecule has 152 valence electrons. The van der Waals surface area contributed by atoms with Gasteiger partial charge in [-0.15, -0.1) is 0 Å². The lowest BCUT2D eigenvalue weighted by molar-refractivity contribution is -0.695. The second-order valence-electron chi connectivity index (χ2n) is 7.20. The van der Waals surface area contributed by atoms with E-state index in [-0.39, 0.29) is 18.4 Å². The van der Waals surface area contributed by atoms with E-state index in [2.05, 4.69) is 5.32 Å². The van der Waals surface area contributed by atoms with Gasteiger partial charge in [0, 0.05) is 23.5 Å². The maximum atomic E-state index is 13.4. The second kappa shape index (κ2) is 8.37. The summed E-state index contributed by atoms with van der Waals surface area (Å²) in [5, 5.41) is 2.95. The summed E-state index contributed by atoms with van der Waals surface area (Å²) >= 11 is 0. The number of carbonyl (C=O) groups excluding carboxylic acids is 2. The van der Waals surface area contributed by atoms with Crippen molar-refractivity contribution in [1.82, 2.24) is 0 Å². The fourth-order valence-electron chi connectivity index (χ4n) is 3.64. The zero-order chi connectivity index (χ0) is 21.1. The van der Waals surface area contributed by atoms with Gasteiger partial charge in [0.2, 0.25) is 18.3 Å². The summed E-state index contributed by atoms with van der Waals surface area (Å²) < 4.78 is 7.29. The van der Waals surface area contributed by atoms with E-state index in [1.54, 1.807) is 17.0 Å². The van der Waals surface area contributed by atoms with Crippen molar-refractivity contribution in [2.75, 3.05) is 16.8 Å². The first-order valence-electron chi connectivity index (χ1n) is 9.97. The Balaban J connectivity index is 1.69. The van der Waals surface area contributed by atoms with Gasteiger partial charge < -0.3 is 10.1 Å². The number of nitrogens with one attached hydrogen (secondary N) is 1. The van der Waals surface area contributed by atoms with Crippen molar-refractivity contribution >= 4 is 23.2 Å². The number of anilines is 2. The highest BCUT2D eigenvalue weighted by molar-refractivity contribution is 6.05.